The number of benzene rings is 1. The summed E-state index contributed by atoms with van der Waals surface area (Å²) in [4.78, 5) is 33.7. The molecular formula is C12H10N2O4. The first-order chi connectivity index (χ1) is 8.59. The Morgan fingerprint density at radius 1 is 1.22 bits per heavy atom. The van der Waals surface area contributed by atoms with E-state index < -0.39 is 16.6 Å². The smallest absolute Gasteiger partial charge is 0.297 e. The fourth-order valence-corrected chi connectivity index (χ4v) is 2.69. The van der Waals surface area contributed by atoms with Gasteiger partial charge in [-0.1, -0.05) is 0 Å². The molecule has 0 aromatic heterocycles. The zero-order valence-corrected chi connectivity index (χ0v) is 9.49. The molecular weight excluding hydrogens is 236 g/mol. The quantitative estimate of drug-likeness (QED) is 0.463. The van der Waals surface area contributed by atoms with Gasteiger partial charge in [-0.25, -0.2) is 0 Å². The van der Waals surface area contributed by atoms with Crippen molar-refractivity contribution in [1.29, 1.82) is 0 Å². The van der Waals surface area contributed by atoms with Gasteiger partial charge in [-0.05, 0) is 36.8 Å². The summed E-state index contributed by atoms with van der Waals surface area (Å²) in [5.41, 5.74) is 1.77. The summed E-state index contributed by atoms with van der Waals surface area (Å²) in [6, 6.07) is 1.49. The van der Waals surface area contributed by atoms with E-state index >= 15 is 0 Å². The van der Waals surface area contributed by atoms with Gasteiger partial charge in [0.25, 0.3) is 17.4 Å². The minimum atomic E-state index is -0.771. The van der Waals surface area contributed by atoms with Crippen molar-refractivity contribution >= 4 is 23.1 Å². The molecule has 1 aliphatic heterocycles. The first kappa shape index (κ1) is 10.9. The van der Waals surface area contributed by atoms with Gasteiger partial charge in [-0.3, -0.25) is 19.7 Å². The minimum Gasteiger partial charge on any atom is -0.313 e. The van der Waals surface area contributed by atoms with E-state index in [4.69, 9.17) is 0 Å². The number of carbonyl (C=O) groups excluding carboxylic acids is 2. The molecule has 1 N–H and O–H groups in total. The fraction of sp³-hybridized carbons (Fsp3) is 0.333. The monoisotopic (exact) mass is 246 g/mol. The third-order valence-corrected chi connectivity index (χ3v) is 3.50. The van der Waals surface area contributed by atoms with Crippen molar-refractivity contribution in [2.45, 2.75) is 25.7 Å². The molecule has 92 valence electrons. The van der Waals surface area contributed by atoms with E-state index in [1.54, 1.807) is 0 Å². The number of anilines is 1. The zero-order valence-electron chi connectivity index (χ0n) is 9.49. The predicted octanol–water partition coefficient (Wildman–Crippen LogP) is 1.61. The summed E-state index contributed by atoms with van der Waals surface area (Å²) in [7, 11) is 0. The van der Waals surface area contributed by atoms with Crippen molar-refractivity contribution < 1.29 is 14.5 Å². The number of fused-ring (bicyclic) bond motifs is 3. The highest BCUT2D eigenvalue weighted by molar-refractivity contribution is 6.52. The molecule has 3 rings (SSSR count). The summed E-state index contributed by atoms with van der Waals surface area (Å²) >= 11 is 0. The molecule has 0 spiro atoms. The number of carbonyl (C=O) groups is 2. The van der Waals surface area contributed by atoms with Crippen molar-refractivity contribution in [2.24, 2.45) is 0 Å². The van der Waals surface area contributed by atoms with E-state index in [0.717, 1.165) is 30.4 Å². The molecule has 0 unspecified atom stereocenters. The molecule has 6 heteroatoms. The topological polar surface area (TPSA) is 89.3 Å². The number of nitrogens with zero attached hydrogens (tertiary/aromatic N) is 1. The summed E-state index contributed by atoms with van der Waals surface area (Å²) < 4.78 is 0. The number of nitro groups is 1. The van der Waals surface area contributed by atoms with Crippen molar-refractivity contribution in [2.75, 3.05) is 5.32 Å². The van der Waals surface area contributed by atoms with Gasteiger partial charge in [0.05, 0.1) is 10.5 Å². The van der Waals surface area contributed by atoms with Gasteiger partial charge in [0, 0.05) is 6.07 Å². The van der Waals surface area contributed by atoms with Crippen LogP contribution in [0, 0.1) is 10.1 Å². The molecule has 0 saturated heterocycles. The van der Waals surface area contributed by atoms with Crippen LogP contribution in [0.1, 0.15) is 34.3 Å². The van der Waals surface area contributed by atoms with Crippen LogP contribution in [-0.2, 0) is 17.6 Å². The van der Waals surface area contributed by atoms with Crippen LogP contribution >= 0.6 is 0 Å². The second-order valence-electron chi connectivity index (χ2n) is 4.53. The Balaban J connectivity index is 2.32. The lowest BCUT2D eigenvalue weighted by molar-refractivity contribution is -0.384. The zero-order chi connectivity index (χ0) is 12.9. The number of Topliss-reactive ketones (excluding diaryl/α,β-unsaturated/α-hetero) is 1. The van der Waals surface area contributed by atoms with E-state index in [1.807, 2.05) is 0 Å². The molecule has 2 aliphatic rings. The molecule has 1 aromatic rings. The summed E-state index contributed by atoms with van der Waals surface area (Å²) in [5, 5.41) is 13.3. The lowest BCUT2D eigenvalue weighted by Gasteiger charge is -2.17. The predicted molar refractivity (Wildman–Crippen MR) is 62.7 cm³/mol. The highest BCUT2D eigenvalue weighted by Crippen LogP contribution is 2.40. The Hall–Kier alpha value is -2.24. The average molecular weight is 246 g/mol. The van der Waals surface area contributed by atoms with E-state index in [9.17, 15) is 19.7 Å². The largest absolute Gasteiger partial charge is 0.313 e. The molecule has 1 aromatic carbocycles. The maximum Gasteiger partial charge on any atom is 0.297 e. The van der Waals surface area contributed by atoms with E-state index in [2.05, 4.69) is 5.32 Å². The van der Waals surface area contributed by atoms with Crippen molar-refractivity contribution in [3.8, 4) is 0 Å². The first-order valence-corrected chi connectivity index (χ1v) is 5.78. The van der Waals surface area contributed by atoms with E-state index in [1.165, 1.54) is 6.07 Å². The normalized spacial score (nSPS) is 17.1. The van der Waals surface area contributed by atoms with Crippen molar-refractivity contribution in [1.82, 2.24) is 0 Å². The van der Waals surface area contributed by atoms with E-state index in [-0.39, 0.29) is 16.9 Å². The molecule has 0 fully saturated rings. The minimum absolute atomic E-state index is 0.0793. The van der Waals surface area contributed by atoms with Crippen LogP contribution in [0.2, 0.25) is 0 Å². The number of rotatable bonds is 1. The van der Waals surface area contributed by atoms with Gasteiger partial charge in [-0.2, -0.15) is 0 Å². The summed E-state index contributed by atoms with van der Waals surface area (Å²) in [6.07, 6.45) is 3.33. The maximum atomic E-state index is 11.8. The molecule has 0 radical (unpaired) electrons. The van der Waals surface area contributed by atoms with Crippen LogP contribution in [0.15, 0.2) is 6.07 Å². The number of nitrogens with one attached hydrogen (secondary N) is 1. The Morgan fingerprint density at radius 3 is 2.67 bits per heavy atom. The highest BCUT2D eigenvalue weighted by atomic mass is 16.6. The number of amides is 1. The fourth-order valence-electron chi connectivity index (χ4n) is 2.69. The van der Waals surface area contributed by atoms with Crippen LogP contribution in [-0.4, -0.2) is 16.6 Å². The Labute approximate surface area is 102 Å². The van der Waals surface area contributed by atoms with E-state index in [0.29, 0.717) is 6.42 Å². The third-order valence-electron chi connectivity index (χ3n) is 3.50. The van der Waals surface area contributed by atoms with Crippen molar-refractivity contribution in [3.63, 3.8) is 0 Å². The molecule has 0 saturated carbocycles. The second-order valence-corrected chi connectivity index (χ2v) is 4.53. The maximum absolute atomic E-state index is 11.8. The number of hydrogen-bond donors (Lipinski definition) is 1. The highest BCUT2D eigenvalue weighted by Gasteiger charge is 2.38. The van der Waals surface area contributed by atoms with Crippen LogP contribution < -0.4 is 5.32 Å². The van der Waals surface area contributed by atoms with Crippen LogP contribution in [0.3, 0.4) is 0 Å². The van der Waals surface area contributed by atoms with Crippen LogP contribution in [0.25, 0.3) is 0 Å². The first-order valence-electron chi connectivity index (χ1n) is 5.78. The average Bonchev–Trinajstić information content (AvgIpc) is 2.65. The van der Waals surface area contributed by atoms with Crippen LogP contribution in [0.4, 0.5) is 11.4 Å². The summed E-state index contributed by atoms with van der Waals surface area (Å²) in [5.74, 6) is -1.42. The van der Waals surface area contributed by atoms with Gasteiger partial charge >= 0.3 is 0 Å². The number of nitro benzene ring substituents is 1. The van der Waals surface area contributed by atoms with Gasteiger partial charge in [0.1, 0.15) is 5.69 Å². The SMILES string of the molecule is O=C1Nc2c([N+](=O)[O-])cc3c(c2C1=O)CCCC3. The van der Waals surface area contributed by atoms with Gasteiger partial charge < -0.3 is 5.32 Å². The summed E-state index contributed by atoms with van der Waals surface area (Å²) in [6.45, 7) is 0. The Bertz CT molecular complexity index is 607. The molecule has 1 amide bonds. The Morgan fingerprint density at radius 2 is 1.94 bits per heavy atom. The van der Waals surface area contributed by atoms with Gasteiger partial charge in [0.2, 0.25) is 0 Å². The number of ketones is 1. The van der Waals surface area contributed by atoms with Gasteiger partial charge in [0.15, 0.2) is 0 Å². The Kier molecular flexibility index (Phi) is 2.19. The molecule has 1 aliphatic carbocycles. The third kappa shape index (κ3) is 1.35. The lowest BCUT2D eigenvalue weighted by atomic mass is 9.86. The standard InChI is InChI=1S/C12H10N2O4/c15-11-9-7-4-2-1-3-6(7)5-8(14(17)18)10(9)13-12(11)16/h5H,1-4H2,(H,13,15,16). The van der Waals surface area contributed by atoms with Crippen molar-refractivity contribution in [3.05, 3.63) is 32.9 Å². The van der Waals surface area contributed by atoms with Gasteiger partial charge in [-0.15, -0.1) is 0 Å². The molecule has 6 nitrogen and oxygen atoms in total. The molecule has 18 heavy (non-hydrogen) atoms. The number of hydrogen-bond acceptors (Lipinski definition) is 4. The molecule has 0 atom stereocenters. The molecule has 1 heterocycles. The van der Waals surface area contributed by atoms with Crippen LogP contribution in [0.5, 0.6) is 0 Å². The lowest BCUT2D eigenvalue weighted by Crippen LogP contribution is -2.14. The number of aryl methyl sites for hydroxylation is 1. The second kappa shape index (κ2) is 3.63. The molecule has 0 bridgehead atoms.